The third kappa shape index (κ3) is 1.04. The van der Waals surface area contributed by atoms with Crippen LogP contribution in [0.5, 0.6) is 0 Å². The number of nitriles is 1. The van der Waals surface area contributed by atoms with Crippen molar-refractivity contribution in [1.82, 2.24) is 4.57 Å². The van der Waals surface area contributed by atoms with Gasteiger partial charge in [-0.1, -0.05) is 0 Å². The molecule has 3 heteroatoms. The van der Waals surface area contributed by atoms with E-state index in [9.17, 15) is 0 Å². The average Bonchev–Trinajstić information content (AvgIpc) is 2.46. The zero-order chi connectivity index (χ0) is 8.39. The van der Waals surface area contributed by atoms with Crippen molar-refractivity contribution in [3.8, 4) is 6.07 Å². The second kappa shape index (κ2) is 2.67. The Morgan fingerprint density at radius 1 is 1.58 bits per heavy atom. The summed E-state index contributed by atoms with van der Waals surface area (Å²) in [6, 6.07) is 5.93. The fraction of sp³-hybridized carbons (Fsp3) is 0.111. The van der Waals surface area contributed by atoms with Crippen LogP contribution in [0.3, 0.4) is 0 Å². The van der Waals surface area contributed by atoms with E-state index in [0.29, 0.717) is 5.57 Å². The molecule has 0 unspecified atom stereocenters. The third-order valence-corrected chi connectivity index (χ3v) is 1.78. The van der Waals surface area contributed by atoms with Gasteiger partial charge in [-0.05, 0) is 18.2 Å². The van der Waals surface area contributed by atoms with Gasteiger partial charge >= 0.3 is 0 Å². The first-order chi connectivity index (χ1) is 5.90. The fourth-order valence-corrected chi connectivity index (χ4v) is 1.14. The summed E-state index contributed by atoms with van der Waals surface area (Å²) >= 11 is 0. The van der Waals surface area contributed by atoms with Gasteiger partial charge in [-0.2, -0.15) is 5.26 Å². The first-order valence-electron chi connectivity index (χ1n) is 3.69. The molecule has 0 saturated heterocycles. The van der Waals surface area contributed by atoms with Crippen LogP contribution in [0, 0.1) is 11.3 Å². The second-order valence-corrected chi connectivity index (χ2v) is 2.55. The van der Waals surface area contributed by atoms with Crippen molar-refractivity contribution >= 4 is 12.0 Å². The van der Waals surface area contributed by atoms with E-state index in [1.165, 1.54) is 0 Å². The molecule has 58 valence electrons. The van der Waals surface area contributed by atoms with Crippen LogP contribution in [0.25, 0.3) is 0 Å². The Hall–Kier alpha value is -1.82. The summed E-state index contributed by atoms with van der Waals surface area (Å²) in [7, 11) is 0. The van der Waals surface area contributed by atoms with E-state index in [2.05, 4.69) is 11.1 Å². The summed E-state index contributed by atoms with van der Waals surface area (Å²) in [5.41, 5.74) is 0.624. The maximum absolute atomic E-state index is 8.61. The lowest BCUT2D eigenvalue weighted by molar-refractivity contribution is 0.835. The van der Waals surface area contributed by atoms with Crippen LogP contribution in [0.1, 0.15) is 0 Å². The number of hydrogen-bond donors (Lipinski definition) is 0. The predicted octanol–water partition coefficient (Wildman–Crippen LogP) is 1.65. The highest BCUT2D eigenvalue weighted by Crippen LogP contribution is 2.15. The summed E-state index contributed by atoms with van der Waals surface area (Å²) in [4.78, 5) is 4.15. The van der Waals surface area contributed by atoms with Crippen LogP contribution in [-0.4, -0.2) is 10.8 Å². The minimum atomic E-state index is 0.624. The lowest BCUT2D eigenvalue weighted by atomic mass is 10.3. The second-order valence-electron chi connectivity index (χ2n) is 2.55. The van der Waals surface area contributed by atoms with Gasteiger partial charge in [0.05, 0.1) is 5.57 Å². The molecule has 0 radical (unpaired) electrons. The van der Waals surface area contributed by atoms with Crippen molar-refractivity contribution in [1.29, 1.82) is 5.26 Å². The van der Waals surface area contributed by atoms with Gasteiger partial charge in [-0.3, -0.25) is 0 Å². The number of aliphatic imine (C=N–C) groups is 1. The number of aromatic nitrogens is 1. The first-order valence-corrected chi connectivity index (χ1v) is 3.69. The quantitative estimate of drug-likeness (QED) is 0.564. The fourth-order valence-electron chi connectivity index (χ4n) is 1.14. The zero-order valence-electron chi connectivity index (χ0n) is 6.44. The summed E-state index contributed by atoms with van der Waals surface area (Å²) in [6.45, 7) is 0.727. The van der Waals surface area contributed by atoms with Crippen LogP contribution in [-0.2, 0) is 6.54 Å². The molecule has 3 nitrogen and oxygen atoms in total. The molecule has 1 aliphatic heterocycles. The minimum Gasteiger partial charge on any atom is -0.329 e. The molecule has 0 saturated carbocycles. The van der Waals surface area contributed by atoms with Gasteiger partial charge in [0.25, 0.3) is 0 Å². The molecule has 0 aromatic carbocycles. The van der Waals surface area contributed by atoms with Gasteiger partial charge in [-0.25, -0.2) is 4.99 Å². The maximum atomic E-state index is 8.61. The Morgan fingerprint density at radius 2 is 2.50 bits per heavy atom. The SMILES string of the molecule is N#CC1=CCn2cccc2N=C1. The van der Waals surface area contributed by atoms with Gasteiger partial charge in [0.2, 0.25) is 0 Å². The Morgan fingerprint density at radius 3 is 3.33 bits per heavy atom. The number of hydrogen-bond acceptors (Lipinski definition) is 2. The molecule has 0 fully saturated rings. The van der Waals surface area contributed by atoms with E-state index in [1.807, 2.05) is 29.0 Å². The topological polar surface area (TPSA) is 41.1 Å². The molecule has 0 spiro atoms. The Labute approximate surface area is 70.3 Å². The van der Waals surface area contributed by atoms with Crippen molar-refractivity contribution in [2.45, 2.75) is 6.54 Å². The standard InChI is InChI=1S/C9H7N3/c10-6-8-3-5-12-4-1-2-9(12)11-7-8/h1-4,7H,5H2. The van der Waals surface area contributed by atoms with Gasteiger partial charge in [0, 0.05) is 19.0 Å². The van der Waals surface area contributed by atoms with E-state index < -0.39 is 0 Å². The molecule has 0 amide bonds. The summed E-state index contributed by atoms with van der Waals surface area (Å²) in [5, 5.41) is 8.61. The van der Waals surface area contributed by atoms with E-state index in [4.69, 9.17) is 5.26 Å². The van der Waals surface area contributed by atoms with Crippen molar-refractivity contribution in [3.05, 3.63) is 30.0 Å². The lowest BCUT2D eigenvalue weighted by Gasteiger charge is -1.97. The van der Waals surface area contributed by atoms with Gasteiger partial charge in [0.15, 0.2) is 0 Å². The van der Waals surface area contributed by atoms with Crippen molar-refractivity contribution < 1.29 is 0 Å². The minimum absolute atomic E-state index is 0.624. The maximum Gasteiger partial charge on any atom is 0.132 e. The normalized spacial score (nSPS) is 14.4. The Kier molecular flexibility index (Phi) is 1.52. The van der Waals surface area contributed by atoms with Crippen LogP contribution in [0.15, 0.2) is 35.0 Å². The molecule has 1 aromatic heterocycles. The molecule has 0 N–H and O–H groups in total. The van der Waals surface area contributed by atoms with Crippen LogP contribution >= 0.6 is 0 Å². The van der Waals surface area contributed by atoms with Crippen molar-refractivity contribution in [2.24, 2.45) is 4.99 Å². The van der Waals surface area contributed by atoms with Crippen molar-refractivity contribution in [3.63, 3.8) is 0 Å². The molecule has 1 aromatic rings. The molecule has 0 bridgehead atoms. The van der Waals surface area contributed by atoms with E-state index >= 15 is 0 Å². The van der Waals surface area contributed by atoms with E-state index in [-0.39, 0.29) is 0 Å². The lowest BCUT2D eigenvalue weighted by Crippen LogP contribution is -1.89. The molecular formula is C9H7N3. The number of allylic oxidation sites excluding steroid dienone is 2. The Balaban J connectivity index is 2.42. The van der Waals surface area contributed by atoms with Crippen LogP contribution in [0.2, 0.25) is 0 Å². The van der Waals surface area contributed by atoms with Gasteiger partial charge in [0.1, 0.15) is 11.9 Å². The highest BCUT2D eigenvalue weighted by molar-refractivity contribution is 5.85. The smallest absolute Gasteiger partial charge is 0.132 e. The number of fused-ring (bicyclic) bond motifs is 1. The summed E-state index contributed by atoms with van der Waals surface area (Å²) in [5.74, 6) is 0.900. The molecule has 12 heavy (non-hydrogen) atoms. The molecule has 0 aliphatic carbocycles. The summed E-state index contributed by atoms with van der Waals surface area (Å²) in [6.07, 6.45) is 5.41. The third-order valence-electron chi connectivity index (χ3n) is 1.78. The average molecular weight is 157 g/mol. The van der Waals surface area contributed by atoms with Crippen LogP contribution in [0.4, 0.5) is 5.82 Å². The van der Waals surface area contributed by atoms with Crippen LogP contribution < -0.4 is 0 Å². The summed E-state index contributed by atoms with van der Waals surface area (Å²) < 4.78 is 1.99. The van der Waals surface area contributed by atoms with Gasteiger partial charge in [-0.15, -0.1) is 0 Å². The van der Waals surface area contributed by atoms with Gasteiger partial charge < -0.3 is 4.57 Å². The monoisotopic (exact) mass is 157 g/mol. The molecule has 2 heterocycles. The largest absolute Gasteiger partial charge is 0.329 e. The predicted molar refractivity (Wildman–Crippen MR) is 46.3 cm³/mol. The molecule has 1 aliphatic rings. The highest BCUT2D eigenvalue weighted by atomic mass is 15.1. The number of rotatable bonds is 0. The molecular weight excluding hydrogens is 150 g/mol. The molecule has 0 atom stereocenters. The highest BCUT2D eigenvalue weighted by Gasteiger charge is 2.01. The van der Waals surface area contributed by atoms with E-state index in [0.717, 1.165) is 12.4 Å². The van der Waals surface area contributed by atoms with Crippen molar-refractivity contribution in [2.75, 3.05) is 0 Å². The molecule has 2 rings (SSSR count). The Bertz CT molecular complexity index is 390. The van der Waals surface area contributed by atoms with E-state index in [1.54, 1.807) is 6.21 Å². The number of nitrogens with zero attached hydrogens (tertiary/aromatic N) is 3. The first kappa shape index (κ1) is 6.86. The zero-order valence-corrected chi connectivity index (χ0v) is 6.44.